The van der Waals surface area contributed by atoms with Crippen LogP contribution in [0.4, 0.5) is 5.82 Å². The number of hydrogen-bond donors (Lipinski definition) is 2. The van der Waals surface area contributed by atoms with E-state index in [0.717, 1.165) is 11.5 Å². The molecule has 4 nitrogen and oxygen atoms in total. The molecule has 66 valence electrons. The lowest BCUT2D eigenvalue weighted by molar-refractivity contribution is 0.281. The van der Waals surface area contributed by atoms with Crippen molar-refractivity contribution in [2.45, 2.75) is 19.9 Å². The highest BCUT2D eigenvalue weighted by molar-refractivity contribution is 5.35. The van der Waals surface area contributed by atoms with E-state index in [1.807, 2.05) is 19.9 Å². The standard InChI is InChI=1S/C8H13N3O/c1-6-3-8(10-5-9-6)11-7(2)4-12/h3,5,7,12H,4H2,1-2H3,(H,9,10,11). The SMILES string of the molecule is Cc1cc(NC(C)CO)ncn1. The maximum Gasteiger partial charge on any atom is 0.129 e. The van der Waals surface area contributed by atoms with Crippen LogP contribution in [0.15, 0.2) is 12.4 Å². The van der Waals surface area contributed by atoms with E-state index in [0.29, 0.717) is 0 Å². The van der Waals surface area contributed by atoms with Gasteiger partial charge in [-0.1, -0.05) is 0 Å². The molecule has 1 unspecified atom stereocenters. The molecule has 0 amide bonds. The topological polar surface area (TPSA) is 58.0 Å². The fraction of sp³-hybridized carbons (Fsp3) is 0.500. The van der Waals surface area contributed by atoms with Crippen molar-refractivity contribution in [1.82, 2.24) is 9.97 Å². The van der Waals surface area contributed by atoms with Crippen LogP contribution in [0.5, 0.6) is 0 Å². The normalized spacial score (nSPS) is 12.6. The molecule has 0 bridgehead atoms. The van der Waals surface area contributed by atoms with Gasteiger partial charge in [-0.2, -0.15) is 0 Å². The lowest BCUT2D eigenvalue weighted by Gasteiger charge is -2.10. The van der Waals surface area contributed by atoms with E-state index in [2.05, 4.69) is 15.3 Å². The highest BCUT2D eigenvalue weighted by Crippen LogP contribution is 2.03. The Bertz CT molecular complexity index is 252. The molecule has 0 aliphatic heterocycles. The number of aliphatic hydroxyl groups excluding tert-OH is 1. The lowest BCUT2D eigenvalue weighted by Crippen LogP contribution is -2.20. The molecule has 0 aliphatic carbocycles. The number of anilines is 1. The average Bonchev–Trinajstić information content (AvgIpc) is 2.04. The molecule has 4 heteroatoms. The number of aliphatic hydroxyl groups is 1. The Kier molecular flexibility index (Phi) is 2.99. The molecular weight excluding hydrogens is 154 g/mol. The maximum absolute atomic E-state index is 8.76. The Balaban J connectivity index is 2.63. The Morgan fingerprint density at radius 3 is 2.92 bits per heavy atom. The van der Waals surface area contributed by atoms with Gasteiger partial charge < -0.3 is 10.4 Å². The third-order valence-electron chi connectivity index (χ3n) is 1.47. The number of aryl methyl sites for hydroxylation is 1. The van der Waals surface area contributed by atoms with Crippen molar-refractivity contribution in [1.29, 1.82) is 0 Å². The minimum absolute atomic E-state index is 0.0271. The maximum atomic E-state index is 8.76. The van der Waals surface area contributed by atoms with E-state index < -0.39 is 0 Å². The lowest BCUT2D eigenvalue weighted by atomic mass is 10.3. The summed E-state index contributed by atoms with van der Waals surface area (Å²) in [6.45, 7) is 3.89. The zero-order chi connectivity index (χ0) is 8.97. The number of nitrogens with one attached hydrogen (secondary N) is 1. The molecule has 0 fully saturated rings. The Hall–Kier alpha value is -1.16. The molecule has 12 heavy (non-hydrogen) atoms. The number of rotatable bonds is 3. The zero-order valence-electron chi connectivity index (χ0n) is 7.28. The molecular formula is C8H13N3O. The van der Waals surface area contributed by atoms with Gasteiger partial charge in [0.2, 0.25) is 0 Å². The summed E-state index contributed by atoms with van der Waals surface area (Å²) in [6, 6.07) is 1.87. The highest BCUT2D eigenvalue weighted by atomic mass is 16.3. The van der Waals surface area contributed by atoms with Gasteiger partial charge in [-0.3, -0.25) is 0 Å². The number of aromatic nitrogens is 2. The first-order valence-electron chi connectivity index (χ1n) is 3.88. The molecule has 1 aromatic heterocycles. The molecule has 0 radical (unpaired) electrons. The molecule has 1 aromatic rings. The van der Waals surface area contributed by atoms with Crippen molar-refractivity contribution < 1.29 is 5.11 Å². The van der Waals surface area contributed by atoms with Gasteiger partial charge >= 0.3 is 0 Å². The second-order valence-corrected chi connectivity index (χ2v) is 2.77. The number of hydrogen-bond acceptors (Lipinski definition) is 4. The van der Waals surface area contributed by atoms with Crippen LogP contribution in [0, 0.1) is 6.92 Å². The predicted molar refractivity (Wildman–Crippen MR) is 46.9 cm³/mol. The van der Waals surface area contributed by atoms with Crippen molar-refractivity contribution >= 4 is 5.82 Å². The van der Waals surface area contributed by atoms with Crippen LogP contribution in [-0.2, 0) is 0 Å². The van der Waals surface area contributed by atoms with Crippen molar-refractivity contribution in [3.63, 3.8) is 0 Å². The summed E-state index contributed by atoms with van der Waals surface area (Å²) >= 11 is 0. The van der Waals surface area contributed by atoms with Gasteiger partial charge in [0.1, 0.15) is 12.1 Å². The van der Waals surface area contributed by atoms with E-state index in [4.69, 9.17) is 5.11 Å². The minimum Gasteiger partial charge on any atom is -0.394 e. The Labute approximate surface area is 71.7 Å². The van der Waals surface area contributed by atoms with Crippen LogP contribution in [0.1, 0.15) is 12.6 Å². The zero-order valence-corrected chi connectivity index (χ0v) is 7.28. The molecule has 1 rings (SSSR count). The monoisotopic (exact) mass is 167 g/mol. The Morgan fingerprint density at radius 2 is 2.33 bits per heavy atom. The van der Waals surface area contributed by atoms with Crippen molar-refractivity contribution in [2.75, 3.05) is 11.9 Å². The predicted octanol–water partition coefficient (Wildman–Crippen LogP) is 0.578. The summed E-state index contributed by atoms with van der Waals surface area (Å²) in [4.78, 5) is 7.95. The summed E-state index contributed by atoms with van der Waals surface area (Å²) in [5.41, 5.74) is 0.914. The Morgan fingerprint density at radius 1 is 1.58 bits per heavy atom. The highest BCUT2D eigenvalue weighted by Gasteiger charge is 2.00. The first-order chi connectivity index (χ1) is 5.72. The second kappa shape index (κ2) is 4.01. The third-order valence-corrected chi connectivity index (χ3v) is 1.47. The van der Waals surface area contributed by atoms with E-state index in [1.54, 1.807) is 0 Å². The van der Waals surface area contributed by atoms with Crippen LogP contribution in [-0.4, -0.2) is 27.7 Å². The fourth-order valence-electron chi connectivity index (χ4n) is 0.832. The smallest absolute Gasteiger partial charge is 0.129 e. The fourth-order valence-corrected chi connectivity index (χ4v) is 0.832. The van der Waals surface area contributed by atoms with E-state index in [9.17, 15) is 0 Å². The number of nitrogens with zero attached hydrogens (tertiary/aromatic N) is 2. The van der Waals surface area contributed by atoms with Crippen molar-refractivity contribution in [2.24, 2.45) is 0 Å². The van der Waals surface area contributed by atoms with Gasteiger partial charge in [-0.05, 0) is 13.8 Å². The average molecular weight is 167 g/mol. The van der Waals surface area contributed by atoms with Gasteiger partial charge in [0.25, 0.3) is 0 Å². The van der Waals surface area contributed by atoms with Gasteiger partial charge in [0, 0.05) is 17.8 Å². The third kappa shape index (κ3) is 2.47. The second-order valence-electron chi connectivity index (χ2n) is 2.77. The molecule has 0 aliphatic rings. The molecule has 0 spiro atoms. The van der Waals surface area contributed by atoms with Gasteiger partial charge in [0.15, 0.2) is 0 Å². The molecule has 1 atom stereocenters. The summed E-state index contributed by atoms with van der Waals surface area (Å²) in [6.07, 6.45) is 1.50. The van der Waals surface area contributed by atoms with Gasteiger partial charge in [0.05, 0.1) is 6.61 Å². The quantitative estimate of drug-likeness (QED) is 0.691. The van der Waals surface area contributed by atoms with Crippen molar-refractivity contribution in [3.05, 3.63) is 18.1 Å². The minimum atomic E-state index is 0.0271. The van der Waals surface area contributed by atoms with Gasteiger partial charge in [-0.15, -0.1) is 0 Å². The molecule has 0 saturated carbocycles. The van der Waals surface area contributed by atoms with Gasteiger partial charge in [-0.25, -0.2) is 9.97 Å². The first kappa shape index (κ1) is 8.93. The summed E-state index contributed by atoms with van der Waals surface area (Å²) in [5.74, 6) is 0.754. The van der Waals surface area contributed by atoms with Crippen LogP contribution in [0.2, 0.25) is 0 Å². The van der Waals surface area contributed by atoms with E-state index in [1.165, 1.54) is 6.33 Å². The molecule has 0 aromatic carbocycles. The van der Waals surface area contributed by atoms with Crippen LogP contribution >= 0.6 is 0 Å². The van der Waals surface area contributed by atoms with E-state index >= 15 is 0 Å². The molecule has 2 N–H and O–H groups in total. The van der Waals surface area contributed by atoms with Crippen LogP contribution in [0.25, 0.3) is 0 Å². The van der Waals surface area contributed by atoms with Crippen LogP contribution in [0.3, 0.4) is 0 Å². The molecule has 1 heterocycles. The first-order valence-corrected chi connectivity index (χ1v) is 3.88. The summed E-state index contributed by atoms with van der Waals surface area (Å²) < 4.78 is 0. The van der Waals surface area contributed by atoms with Crippen molar-refractivity contribution in [3.8, 4) is 0 Å². The van der Waals surface area contributed by atoms with E-state index in [-0.39, 0.29) is 12.6 Å². The van der Waals surface area contributed by atoms with Crippen LogP contribution < -0.4 is 5.32 Å². The summed E-state index contributed by atoms with van der Waals surface area (Å²) in [7, 11) is 0. The summed E-state index contributed by atoms with van der Waals surface area (Å²) in [5, 5.41) is 11.8. The molecule has 0 saturated heterocycles. The largest absolute Gasteiger partial charge is 0.394 e.